The van der Waals surface area contributed by atoms with Gasteiger partial charge in [0, 0.05) is 12.1 Å². The molecule has 88 valence electrons. The van der Waals surface area contributed by atoms with E-state index in [1.165, 1.54) is 19.3 Å². The van der Waals surface area contributed by atoms with Crippen molar-refractivity contribution in [1.29, 1.82) is 0 Å². The van der Waals surface area contributed by atoms with E-state index in [0.717, 1.165) is 17.8 Å². The zero-order chi connectivity index (χ0) is 11.4. The predicted octanol–water partition coefficient (Wildman–Crippen LogP) is 3.61. The Kier molecular flexibility index (Phi) is 4.85. The molecule has 0 saturated heterocycles. The van der Waals surface area contributed by atoms with Gasteiger partial charge in [0.2, 0.25) is 0 Å². The van der Waals surface area contributed by atoms with Crippen LogP contribution in [0.2, 0.25) is 0 Å². The number of hydrogen-bond acceptors (Lipinski definition) is 1. The van der Waals surface area contributed by atoms with Crippen LogP contribution in [0.15, 0.2) is 12.7 Å². The monoisotopic (exact) mass is 209 g/mol. The zero-order valence-electron chi connectivity index (χ0n) is 10.8. The van der Waals surface area contributed by atoms with Gasteiger partial charge in [0.25, 0.3) is 0 Å². The lowest BCUT2D eigenvalue weighted by Crippen LogP contribution is -2.45. The first-order valence-electron chi connectivity index (χ1n) is 6.43. The fourth-order valence-electron chi connectivity index (χ4n) is 2.80. The molecule has 0 heterocycles. The average molecular weight is 209 g/mol. The van der Waals surface area contributed by atoms with Crippen molar-refractivity contribution in [2.75, 3.05) is 0 Å². The van der Waals surface area contributed by atoms with Gasteiger partial charge in [-0.3, -0.25) is 0 Å². The van der Waals surface area contributed by atoms with E-state index in [2.05, 4.69) is 39.6 Å². The molecule has 1 N–H and O–H groups in total. The van der Waals surface area contributed by atoms with Gasteiger partial charge in [0.05, 0.1) is 0 Å². The molecule has 0 spiro atoms. The SMILES string of the molecule is C=CC(C)NC1CC(C)CCC1C(C)C. The van der Waals surface area contributed by atoms with Gasteiger partial charge in [-0.25, -0.2) is 0 Å². The molecule has 0 aromatic rings. The molecule has 1 aliphatic rings. The van der Waals surface area contributed by atoms with Gasteiger partial charge < -0.3 is 5.32 Å². The third-order valence-electron chi connectivity index (χ3n) is 3.85. The summed E-state index contributed by atoms with van der Waals surface area (Å²) in [7, 11) is 0. The van der Waals surface area contributed by atoms with Crippen LogP contribution >= 0.6 is 0 Å². The maximum absolute atomic E-state index is 3.85. The van der Waals surface area contributed by atoms with E-state index in [-0.39, 0.29) is 0 Å². The van der Waals surface area contributed by atoms with E-state index in [1.54, 1.807) is 0 Å². The van der Waals surface area contributed by atoms with Crippen molar-refractivity contribution in [1.82, 2.24) is 5.32 Å². The zero-order valence-corrected chi connectivity index (χ0v) is 10.8. The molecule has 1 saturated carbocycles. The highest BCUT2D eigenvalue weighted by Gasteiger charge is 2.30. The molecule has 4 unspecified atom stereocenters. The normalized spacial score (nSPS) is 34.1. The van der Waals surface area contributed by atoms with Crippen LogP contribution in [-0.2, 0) is 0 Å². The van der Waals surface area contributed by atoms with Crippen LogP contribution in [0.4, 0.5) is 0 Å². The first-order chi connectivity index (χ1) is 7.04. The van der Waals surface area contributed by atoms with Crippen LogP contribution in [0.3, 0.4) is 0 Å². The molecule has 15 heavy (non-hydrogen) atoms. The minimum absolute atomic E-state index is 0.446. The number of nitrogens with one attached hydrogen (secondary N) is 1. The van der Waals surface area contributed by atoms with Crippen LogP contribution in [0.5, 0.6) is 0 Å². The molecule has 0 radical (unpaired) electrons. The minimum Gasteiger partial charge on any atom is -0.308 e. The second kappa shape index (κ2) is 5.69. The van der Waals surface area contributed by atoms with Crippen molar-refractivity contribution < 1.29 is 0 Å². The molecule has 0 aromatic heterocycles. The predicted molar refractivity (Wildman–Crippen MR) is 67.9 cm³/mol. The lowest BCUT2D eigenvalue weighted by molar-refractivity contribution is 0.166. The quantitative estimate of drug-likeness (QED) is 0.697. The smallest absolute Gasteiger partial charge is 0.0221 e. The molecule has 0 aromatic carbocycles. The molecule has 1 fully saturated rings. The van der Waals surface area contributed by atoms with Gasteiger partial charge in [0.1, 0.15) is 0 Å². The molecular weight excluding hydrogens is 182 g/mol. The van der Waals surface area contributed by atoms with Crippen molar-refractivity contribution in [3.63, 3.8) is 0 Å². The van der Waals surface area contributed by atoms with Crippen LogP contribution in [-0.4, -0.2) is 12.1 Å². The molecule has 1 nitrogen and oxygen atoms in total. The second-order valence-electron chi connectivity index (χ2n) is 5.62. The van der Waals surface area contributed by atoms with E-state index in [9.17, 15) is 0 Å². The minimum atomic E-state index is 0.446. The van der Waals surface area contributed by atoms with Gasteiger partial charge >= 0.3 is 0 Å². The maximum atomic E-state index is 3.85. The summed E-state index contributed by atoms with van der Waals surface area (Å²) in [5, 5.41) is 3.71. The van der Waals surface area contributed by atoms with Crippen molar-refractivity contribution in [2.45, 2.75) is 59.0 Å². The first kappa shape index (κ1) is 12.8. The molecular formula is C14H27N. The van der Waals surface area contributed by atoms with Crippen LogP contribution in [0.1, 0.15) is 47.0 Å². The molecule has 0 aliphatic heterocycles. The molecule has 0 amide bonds. The topological polar surface area (TPSA) is 12.0 Å². The summed E-state index contributed by atoms with van der Waals surface area (Å²) < 4.78 is 0. The van der Waals surface area contributed by atoms with Crippen LogP contribution in [0.25, 0.3) is 0 Å². The van der Waals surface area contributed by atoms with Crippen molar-refractivity contribution in [3.05, 3.63) is 12.7 Å². The summed E-state index contributed by atoms with van der Waals surface area (Å²) in [6.07, 6.45) is 6.14. The summed E-state index contributed by atoms with van der Waals surface area (Å²) >= 11 is 0. The Morgan fingerprint density at radius 3 is 2.47 bits per heavy atom. The molecule has 4 atom stereocenters. The van der Waals surface area contributed by atoms with E-state index < -0.39 is 0 Å². The van der Waals surface area contributed by atoms with Crippen molar-refractivity contribution in [3.8, 4) is 0 Å². The van der Waals surface area contributed by atoms with Crippen LogP contribution < -0.4 is 5.32 Å². The van der Waals surface area contributed by atoms with Crippen molar-refractivity contribution >= 4 is 0 Å². The maximum Gasteiger partial charge on any atom is 0.0221 e. The highest BCUT2D eigenvalue weighted by molar-refractivity contribution is 4.91. The van der Waals surface area contributed by atoms with Gasteiger partial charge in [-0.1, -0.05) is 33.3 Å². The molecule has 0 bridgehead atoms. The van der Waals surface area contributed by atoms with Gasteiger partial charge in [-0.05, 0) is 37.5 Å². The van der Waals surface area contributed by atoms with E-state index >= 15 is 0 Å². The summed E-state index contributed by atoms with van der Waals surface area (Å²) in [5.74, 6) is 2.53. The van der Waals surface area contributed by atoms with E-state index in [4.69, 9.17) is 0 Å². The Labute approximate surface area is 95.3 Å². The van der Waals surface area contributed by atoms with Gasteiger partial charge in [-0.2, -0.15) is 0 Å². The Morgan fingerprint density at radius 1 is 1.27 bits per heavy atom. The first-order valence-corrected chi connectivity index (χ1v) is 6.43. The van der Waals surface area contributed by atoms with Gasteiger partial charge in [-0.15, -0.1) is 6.58 Å². The summed E-state index contributed by atoms with van der Waals surface area (Å²) in [6, 6.07) is 1.14. The fraction of sp³-hybridized carbons (Fsp3) is 0.857. The fourth-order valence-corrected chi connectivity index (χ4v) is 2.80. The average Bonchev–Trinajstić information content (AvgIpc) is 2.17. The number of rotatable bonds is 4. The largest absolute Gasteiger partial charge is 0.308 e. The Hall–Kier alpha value is -0.300. The Morgan fingerprint density at radius 2 is 1.93 bits per heavy atom. The standard InChI is InChI=1S/C14H27N/c1-6-12(5)15-14-9-11(4)7-8-13(14)10(2)3/h6,10-15H,1,7-9H2,2-5H3. The van der Waals surface area contributed by atoms with Crippen LogP contribution in [0, 0.1) is 17.8 Å². The van der Waals surface area contributed by atoms with E-state index in [0.29, 0.717) is 12.1 Å². The summed E-state index contributed by atoms with van der Waals surface area (Å²) in [6.45, 7) is 13.1. The second-order valence-corrected chi connectivity index (χ2v) is 5.62. The lowest BCUT2D eigenvalue weighted by Gasteiger charge is -2.39. The Bertz CT molecular complexity index is 198. The van der Waals surface area contributed by atoms with Gasteiger partial charge in [0.15, 0.2) is 0 Å². The molecule has 1 rings (SSSR count). The molecule has 1 heteroatoms. The number of hydrogen-bond donors (Lipinski definition) is 1. The Balaban J connectivity index is 2.57. The highest BCUT2D eigenvalue weighted by Crippen LogP contribution is 2.33. The lowest BCUT2D eigenvalue weighted by atomic mass is 9.74. The van der Waals surface area contributed by atoms with E-state index in [1.807, 2.05) is 6.08 Å². The highest BCUT2D eigenvalue weighted by atomic mass is 15.0. The summed E-state index contributed by atoms with van der Waals surface area (Å²) in [5.41, 5.74) is 0. The summed E-state index contributed by atoms with van der Waals surface area (Å²) in [4.78, 5) is 0. The third kappa shape index (κ3) is 3.64. The van der Waals surface area contributed by atoms with Crippen molar-refractivity contribution in [2.24, 2.45) is 17.8 Å². The molecule has 1 aliphatic carbocycles. The third-order valence-corrected chi connectivity index (χ3v) is 3.85.